The summed E-state index contributed by atoms with van der Waals surface area (Å²) in [4.78, 5) is 33.0. The number of rotatable bonds is 6. The van der Waals surface area contributed by atoms with Crippen LogP contribution in [0.4, 0.5) is 4.79 Å². The lowest BCUT2D eigenvalue weighted by molar-refractivity contribution is -0.139. The van der Waals surface area contributed by atoms with E-state index in [0.717, 1.165) is 0 Å². The van der Waals surface area contributed by atoms with Crippen LogP contribution in [-0.4, -0.2) is 31.4 Å². The van der Waals surface area contributed by atoms with Crippen LogP contribution in [0.3, 0.4) is 0 Å². The zero-order chi connectivity index (χ0) is 14.1. The summed E-state index contributed by atoms with van der Waals surface area (Å²) in [6.45, 7) is 9.11. The minimum Gasteiger partial charge on any atom is -0.441 e. The van der Waals surface area contributed by atoms with Crippen molar-refractivity contribution in [3.63, 3.8) is 0 Å². The summed E-state index contributed by atoms with van der Waals surface area (Å²) in [6.07, 6.45) is 0. The predicted octanol–water partition coefficient (Wildman–Crippen LogP) is 0.439. The van der Waals surface area contributed by atoms with Crippen molar-refractivity contribution in [1.29, 1.82) is 0 Å². The highest BCUT2D eigenvalue weighted by Gasteiger charge is 2.06. The van der Waals surface area contributed by atoms with E-state index in [4.69, 9.17) is 0 Å². The van der Waals surface area contributed by atoms with Crippen LogP contribution in [0, 0.1) is 0 Å². The Morgan fingerprint density at radius 2 is 1.22 bits per heavy atom. The smallest absolute Gasteiger partial charge is 0.334 e. The molecule has 0 aromatic heterocycles. The summed E-state index contributed by atoms with van der Waals surface area (Å²) in [5.74, 6) is -1.21. The standard InChI is InChI=1S/C11H16N2O5/c1-7(2)9(14)17-5-12-11(16)13-6-18-10(15)8(3)4/h1,3,5-6H2,2,4H3,(H2,12,13,16). The molecule has 0 saturated carbocycles. The minimum atomic E-state index is -0.640. The van der Waals surface area contributed by atoms with Crippen LogP contribution < -0.4 is 10.6 Å². The molecule has 100 valence electrons. The molecule has 0 aliphatic carbocycles. The summed E-state index contributed by atoms with van der Waals surface area (Å²) in [6, 6.07) is -0.640. The van der Waals surface area contributed by atoms with Crippen LogP contribution in [0.5, 0.6) is 0 Å². The molecule has 7 nitrogen and oxygen atoms in total. The maximum atomic E-state index is 11.1. The van der Waals surface area contributed by atoms with Gasteiger partial charge in [-0.3, -0.25) is 0 Å². The Bertz CT molecular complexity index is 342. The molecule has 18 heavy (non-hydrogen) atoms. The lowest BCUT2D eigenvalue weighted by Crippen LogP contribution is -2.39. The van der Waals surface area contributed by atoms with Crippen LogP contribution in [-0.2, 0) is 19.1 Å². The summed E-state index contributed by atoms with van der Waals surface area (Å²) in [5, 5.41) is 4.45. The van der Waals surface area contributed by atoms with Crippen LogP contribution in [0.1, 0.15) is 13.8 Å². The Hall–Kier alpha value is -2.31. The highest BCUT2D eigenvalue weighted by molar-refractivity contribution is 5.87. The maximum Gasteiger partial charge on any atom is 0.334 e. The molecule has 0 fully saturated rings. The third kappa shape index (κ3) is 7.04. The molecule has 0 radical (unpaired) electrons. The third-order valence-corrected chi connectivity index (χ3v) is 1.57. The molecule has 0 atom stereocenters. The summed E-state index contributed by atoms with van der Waals surface area (Å²) >= 11 is 0. The van der Waals surface area contributed by atoms with Gasteiger partial charge in [0, 0.05) is 11.1 Å². The van der Waals surface area contributed by atoms with Crippen molar-refractivity contribution in [3.8, 4) is 0 Å². The molecule has 0 unspecified atom stereocenters. The second-order valence-corrected chi connectivity index (χ2v) is 3.40. The first-order valence-electron chi connectivity index (χ1n) is 5.01. The van der Waals surface area contributed by atoms with Crippen molar-refractivity contribution in [2.75, 3.05) is 13.5 Å². The van der Waals surface area contributed by atoms with E-state index in [2.05, 4.69) is 33.3 Å². The Morgan fingerprint density at radius 3 is 1.50 bits per heavy atom. The monoisotopic (exact) mass is 256 g/mol. The lowest BCUT2D eigenvalue weighted by atomic mass is 10.4. The van der Waals surface area contributed by atoms with Gasteiger partial charge in [-0.05, 0) is 13.8 Å². The Morgan fingerprint density at radius 1 is 0.889 bits per heavy atom. The first-order valence-corrected chi connectivity index (χ1v) is 5.01. The fourth-order valence-corrected chi connectivity index (χ4v) is 0.643. The van der Waals surface area contributed by atoms with Gasteiger partial charge in [-0.2, -0.15) is 0 Å². The molecule has 0 spiro atoms. The molecular weight excluding hydrogens is 240 g/mol. The van der Waals surface area contributed by atoms with Gasteiger partial charge in [0.05, 0.1) is 0 Å². The lowest BCUT2D eigenvalue weighted by Gasteiger charge is -2.08. The van der Waals surface area contributed by atoms with Crippen molar-refractivity contribution in [2.24, 2.45) is 0 Å². The van der Waals surface area contributed by atoms with Crippen LogP contribution in [0.15, 0.2) is 24.3 Å². The van der Waals surface area contributed by atoms with E-state index in [0.29, 0.717) is 0 Å². The van der Waals surface area contributed by atoms with E-state index in [-0.39, 0.29) is 24.6 Å². The number of nitrogens with one attached hydrogen (secondary N) is 2. The van der Waals surface area contributed by atoms with Crippen LogP contribution in [0.25, 0.3) is 0 Å². The largest absolute Gasteiger partial charge is 0.441 e. The van der Waals surface area contributed by atoms with E-state index in [1.807, 2.05) is 0 Å². The fraction of sp³-hybridized carbons (Fsp3) is 0.364. The van der Waals surface area contributed by atoms with E-state index in [9.17, 15) is 14.4 Å². The Balaban J connectivity index is 3.67. The number of carbonyl (C=O) groups is 3. The first-order chi connectivity index (χ1) is 8.34. The van der Waals surface area contributed by atoms with Gasteiger partial charge in [-0.15, -0.1) is 0 Å². The SMILES string of the molecule is C=C(C)C(=O)OCNC(=O)NCOC(=O)C(=C)C. The van der Waals surface area contributed by atoms with Crippen molar-refractivity contribution >= 4 is 18.0 Å². The third-order valence-electron chi connectivity index (χ3n) is 1.57. The van der Waals surface area contributed by atoms with E-state index < -0.39 is 18.0 Å². The highest BCUT2D eigenvalue weighted by Crippen LogP contribution is 1.91. The van der Waals surface area contributed by atoms with Crippen molar-refractivity contribution in [3.05, 3.63) is 24.3 Å². The topological polar surface area (TPSA) is 93.7 Å². The molecule has 0 bridgehead atoms. The number of urea groups is 1. The molecule has 0 heterocycles. The highest BCUT2D eigenvalue weighted by atomic mass is 16.5. The van der Waals surface area contributed by atoms with Gasteiger partial charge in [0.15, 0.2) is 13.5 Å². The zero-order valence-electron chi connectivity index (χ0n) is 10.4. The van der Waals surface area contributed by atoms with Gasteiger partial charge in [0.1, 0.15) is 0 Å². The van der Waals surface area contributed by atoms with E-state index >= 15 is 0 Å². The van der Waals surface area contributed by atoms with E-state index in [1.54, 1.807) is 0 Å². The van der Waals surface area contributed by atoms with Gasteiger partial charge in [-0.25, -0.2) is 14.4 Å². The van der Waals surface area contributed by atoms with E-state index in [1.165, 1.54) is 13.8 Å². The van der Waals surface area contributed by atoms with Crippen LogP contribution in [0.2, 0.25) is 0 Å². The molecule has 0 aliphatic rings. The molecule has 7 heteroatoms. The Kier molecular flexibility index (Phi) is 6.87. The van der Waals surface area contributed by atoms with Crippen molar-refractivity contribution < 1.29 is 23.9 Å². The number of esters is 2. The molecule has 2 amide bonds. The van der Waals surface area contributed by atoms with Gasteiger partial charge >= 0.3 is 18.0 Å². The number of ether oxygens (including phenoxy) is 2. The number of hydrogen-bond acceptors (Lipinski definition) is 5. The first kappa shape index (κ1) is 15.7. The number of amides is 2. The molecule has 0 aliphatic heterocycles. The second kappa shape index (κ2) is 7.88. The zero-order valence-corrected chi connectivity index (χ0v) is 10.4. The maximum absolute atomic E-state index is 11.1. The molecule has 0 aromatic rings. The molecule has 2 N–H and O–H groups in total. The summed E-state index contributed by atoms with van der Waals surface area (Å²) < 4.78 is 9.21. The summed E-state index contributed by atoms with van der Waals surface area (Å²) in [7, 11) is 0. The quantitative estimate of drug-likeness (QED) is 0.408. The molecular formula is C11H16N2O5. The number of hydrogen-bond donors (Lipinski definition) is 2. The van der Waals surface area contributed by atoms with Crippen LogP contribution >= 0.6 is 0 Å². The summed E-state index contributed by atoms with van der Waals surface area (Å²) in [5.41, 5.74) is 0.459. The second-order valence-electron chi connectivity index (χ2n) is 3.40. The Labute approximate surface area is 105 Å². The molecule has 0 rings (SSSR count). The number of carbonyl (C=O) groups excluding carboxylic acids is 3. The minimum absolute atomic E-state index is 0.229. The van der Waals surface area contributed by atoms with Crippen molar-refractivity contribution in [1.82, 2.24) is 10.6 Å². The van der Waals surface area contributed by atoms with Crippen molar-refractivity contribution in [2.45, 2.75) is 13.8 Å². The average Bonchev–Trinajstić information content (AvgIpc) is 2.28. The van der Waals surface area contributed by atoms with Gasteiger partial charge in [0.25, 0.3) is 0 Å². The van der Waals surface area contributed by atoms with Gasteiger partial charge < -0.3 is 20.1 Å². The average molecular weight is 256 g/mol. The molecule has 0 saturated heterocycles. The predicted molar refractivity (Wildman–Crippen MR) is 63.2 cm³/mol. The van der Waals surface area contributed by atoms with Gasteiger partial charge in [-0.1, -0.05) is 13.2 Å². The normalized spacial score (nSPS) is 9.00. The molecule has 0 aromatic carbocycles. The van der Waals surface area contributed by atoms with Gasteiger partial charge in [0.2, 0.25) is 0 Å². The fourth-order valence-electron chi connectivity index (χ4n) is 0.643.